The molecule has 0 saturated carbocycles. The van der Waals surface area contributed by atoms with E-state index in [0.717, 1.165) is 36.1 Å². The summed E-state index contributed by atoms with van der Waals surface area (Å²) in [6.45, 7) is 1.28. The fraction of sp³-hybridized carbons (Fsp3) is 0.182. The van der Waals surface area contributed by atoms with E-state index in [9.17, 15) is 14.9 Å². The summed E-state index contributed by atoms with van der Waals surface area (Å²) in [5.74, 6) is 0.282. The molecular weight excluding hydrogens is 368 g/mol. The average molecular weight is 390 g/mol. The topological polar surface area (TPSA) is 88.4 Å². The van der Waals surface area contributed by atoms with Gasteiger partial charge >= 0.3 is 5.69 Å². The number of rotatable bonds is 9. The number of carbonyl (C=O) groups is 1. The summed E-state index contributed by atoms with van der Waals surface area (Å²) in [5, 5.41) is 14.7. The number of aldehydes is 1. The SMILES string of the molecule is CNCCCN(c1ccccc1-c1ccccc1C=O)c1ncccc1[N+](=O)[O-]. The molecule has 0 unspecified atom stereocenters. The van der Waals surface area contributed by atoms with Crippen molar-refractivity contribution in [3.63, 3.8) is 0 Å². The number of nitrogens with zero attached hydrogens (tertiary/aromatic N) is 3. The van der Waals surface area contributed by atoms with Crippen LogP contribution in [-0.2, 0) is 0 Å². The van der Waals surface area contributed by atoms with Gasteiger partial charge in [0.2, 0.25) is 5.82 Å². The Balaban J connectivity index is 2.18. The van der Waals surface area contributed by atoms with Crippen LogP contribution in [0.1, 0.15) is 16.8 Å². The van der Waals surface area contributed by atoms with Gasteiger partial charge in [0.25, 0.3) is 0 Å². The third-order valence-electron chi connectivity index (χ3n) is 4.60. The summed E-state index contributed by atoms with van der Waals surface area (Å²) in [6.07, 6.45) is 3.13. The number of aromatic nitrogens is 1. The zero-order valence-corrected chi connectivity index (χ0v) is 16.1. The maximum Gasteiger partial charge on any atom is 0.311 e. The minimum Gasteiger partial charge on any atom is -0.320 e. The van der Waals surface area contributed by atoms with Gasteiger partial charge in [0.1, 0.15) is 0 Å². The molecule has 0 radical (unpaired) electrons. The van der Waals surface area contributed by atoms with Gasteiger partial charge in [-0.05, 0) is 37.7 Å². The molecule has 7 heteroatoms. The van der Waals surface area contributed by atoms with Crippen LogP contribution in [0.15, 0.2) is 66.9 Å². The third kappa shape index (κ3) is 4.47. The first-order chi connectivity index (χ1) is 14.2. The van der Waals surface area contributed by atoms with Crippen LogP contribution in [-0.4, -0.2) is 36.3 Å². The molecule has 0 fully saturated rings. The van der Waals surface area contributed by atoms with E-state index in [-0.39, 0.29) is 11.5 Å². The van der Waals surface area contributed by atoms with Gasteiger partial charge in [-0.3, -0.25) is 14.9 Å². The normalized spacial score (nSPS) is 10.5. The fourth-order valence-corrected chi connectivity index (χ4v) is 3.28. The molecule has 7 nitrogen and oxygen atoms in total. The highest BCUT2D eigenvalue weighted by Crippen LogP contribution is 2.38. The second kappa shape index (κ2) is 9.57. The Hall–Kier alpha value is -3.58. The summed E-state index contributed by atoms with van der Waals surface area (Å²) < 4.78 is 0. The average Bonchev–Trinajstić information content (AvgIpc) is 2.77. The van der Waals surface area contributed by atoms with Crippen molar-refractivity contribution < 1.29 is 9.72 Å². The van der Waals surface area contributed by atoms with Gasteiger partial charge < -0.3 is 10.2 Å². The van der Waals surface area contributed by atoms with Gasteiger partial charge in [0, 0.05) is 29.9 Å². The molecular formula is C22H22N4O3. The van der Waals surface area contributed by atoms with Crippen LogP contribution < -0.4 is 10.2 Å². The summed E-state index contributed by atoms with van der Waals surface area (Å²) in [4.78, 5) is 29.0. The van der Waals surface area contributed by atoms with Crippen molar-refractivity contribution in [2.45, 2.75) is 6.42 Å². The van der Waals surface area contributed by atoms with Crippen LogP contribution in [0.4, 0.5) is 17.2 Å². The molecule has 148 valence electrons. The Morgan fingerprint density at radius 2 is 1.79 bits per heavy atom. The molecule has 0 saturated heterocycles. The van der Waals surface area contributed by atoms with Crippen molar-refractivity contribution >= 4 is 23.5 Å². The molecule has 1 aromatic heterocycles. The monoisotopic (exact) mass is 390 g/mol. The van der Waals surface area contributed by atoms with Crippen LogP contribution in [0.2, 0.25) is 0 Å². The van der Waals surface area contributed by atoms with Crippen molar-refractivity contribution in [3.8, 4) is 11.1 Å². The number of pyridine rings is 1. The number of anilines is 2. The summed E-state index contributed by atoms with van der Waals surface area (Å²) in [7, 11) is 1.86. The van der Waals surface area contributed by atoms with E-state index in [1.807, 2.05) is 54.4 Å². The lowest BCUT2D eigenvalue weighted by atomic mass is 9.98. The summed E-state index contributed by atoms with van der Waals surface area (Å²) in [5.41, 5.74) is 2.86. The highest BCUT2D eigenvalue weighted by molar-refractivity contribution is 5.93. The first-order valence-corrected chi connectivity index (χ1v) is 9.32. The number of hydrogen-bond acceptors (Lipinski definition) is 6. The number of benzene rings is 2. The third-order valence-corrected chi connectivity index (χ3v) is 4.60. The van der Waals surface area contributed by atoms with Gasteiger partial charge in [0.05, 0.1) is 10.6 Å². The van der Waals surface area contributed by atoms with Crippen LogP contribution in [0.25, 0.3) is 11.1 Å². The number of carbonyl (C=O) groups excluding carboxylic acids is 1. The predicted molar refractivity (Wildman–Crippen MR) is 114 cm³/mol. The van der Waals surface area contributed by atoms with Gasteiger partial charge in [-0.1, -0.05) is 42.5 Å². The molecule has 0 amide bonds. The van der Waals surface area contributed by atoms with Crippen molar-refractivity contribution in [1.29, 1.82) is 0 Å². The molecule has 3 aromatic rings. The number of nitrogens with one attached hydrogen (secondary N) is 1. The van der Waals surface area contributed by atoms with Gasteiger partial charge in [-0.2, -0.15) is 0 Å². The maximum atomic E-state index is 11.6. The van der Waals surface area contributed by atoms with E-state index in [4.69, 9.17) is 0 Å². The molecule has 0 aliphatic rings. The minimum atomic E-state index is -0.421. The first kappa shape index (κ1) is 20.2. The lowest BCUT2D eigenvalue weighted by Crippen LogP contribution is -2.24. The zero-order chi connectivity index (χ0) is 20.6. The molecule has 0 aliphatic heterocycles. The second-order valence-corrected chi connectivity index (χ2v) is 6.43. The Labute approximate surface area is 169 Å². The zero-order valence-electron chi connectivity index (χ0n) is 16.1. The largest absolute Gasteiger partial charge is 0.320 e. The van der Waals surface area contributed by atoms with Crippen LogP contribution in [0.5, 0.6) is 0 Å². The lowest BCUT2D eigenvalue weighted by Gasteiger charge is -2.26. The molecule has 29 heavy (non-hydrogen) atoms. The summed E-state index contributed by atoms with van der Waals surface area (Å²) >= 11 is 0. The van der Waals surface area contributed by atoms with E-state index in [1.54, 1.807) is 18.3 Å². The van der Waals surface area contributed by atoms with Gasteiger partial charge in [-0.25, -0.2) is 4.98 Å². The second-order valence-electron chi connectivity index (χ2n) is 6.43. The molecule has 0 spiro atoms. The van der Waals surface area contributed by atoms with E-state index >= 15 is 0 Å². The quantitative estimate of drug-likeness (QED) is 0.255. The van der Waals surface area contributed by atoms with E-state index in [2.05, 4.69) is 10.3 Å². The Morgan fingerprint density at radius 3 is 2.52 bits per heavy atom. The highest BCUT2D eigenvalue weighted by atomic mass is 16.6. The molecule has 0 aliphatic carbocycles. The molecule has 0 bridgehead atoms. The lowest BCUT2D eigenvalue weighted by molar-refractivity contribution is -0.384. The van der Waals surface area contributed by atoms with Gasteiger partial charge in [0.15, 0.2) is 6.29 Å². The van der Waals surface area contributed by atoms with Gasteiger partial charge in [-0.15, -0.1) is 0 Å². The first-order valence-electron chi connectivity index (χ1n) is 9.32. The van der Waals surface area contributed by atoms with E-state index < -0.39 is 4.92 Å². The Morgan fingerprint density at radius 1 is 1.07 bits per heavy atom. The number of hydrogen-bond donors (Lipinski definition) is 1. The Bertz CT molecular complexity index is 1010. The van der Waals surface area contributed by atoms with Crippen LogP contribution in [0, 0.1) is 10.1 Å². The smallest absolute Gasteiger partial charge is 0.311 e. The molecule has 1 N–H and O–H groups in total. The molecule has 0 atom stereocenters. The van der Waals surface area contributed by atoms with E-state index in [0.29, 0.717) is 12.1 Å². The maximum absolute atomic E-state index is 11.6. The molecule has 1 heterocycles. The standard InChI is InChI=1S/C22H22N4O3/c1-23-13-7-15-25(22-21(26(28)29)12-6-14-24-22)20-11-5-4-10-19(20)18-9-3-2-8-17(18)16-27/h2-6,8-12,14,16,23H,7,13,15H2,1H3. The minimum absolute atomic E-state index is 0.0598. The van der Waals surface area contributed by atoms with Crippen molar-refractivity contribution in [2.24, 2.45) is 0 Å². The Kier molecular flexibility index (Phi) is 6.65. The fourth-order valence-electron chi connectivity index (χ4n) is 3.28. The van der Waals surface area contributed by atoms with Crippen LogP contribution in [0.3, 0.4) is 0 Å². The van der Waals surface area contributed by atoms with E-state index in [1.165, 1.54) is 6.07 Å². The predicted octanol–water partition coefficient (Wildman–Crippen LogP) is 4.22. The number of para-hydroxylation sites is 1. The van der Waals surface area contributed by atoms with Crippen LogP contribution >= 0.6 is 0 Å². The molecule has 3 rings (SSSR count). The number of nitro groups is 1. The molecule has 2 aromatic carbocycles. The van der Waals surface area contributed by atoms with Crippen molar-refractivity contribution in [3.05, 3.63) is 82.5 Å². The highest BCUT2D eigenvalue weighted by Gasteiger charge is 2.24. The van der Waals surface area contributed by atoms with Crippen molar-refractivity contribution in [1.82, 2.24) is 10.3 Å². The summed E-state index contributed by atoms with van der Waals surface area (Å²) in [6, 6.07) is 17.9. The van der Waals surface area contributed by atoms with Crippen molar-refractivity contribution in [2.75, 3.05) is 25.0 Å².